The predicted octanol–water partition coefficient (Wildman–Crippen LogP) is 1.47. The molecule has 62 valence electrons. The summed E-state index contributed by atoms with van der Waals surface area (Å²) in [4.78, 5) is 0. The predicted molar refractivity (Wildman–Crippen MR) is 46.9 cm³/mol. The van der Waals surface area contributed by atoms with E-state index in [-0.39, 0.29) is 0 Å². The molecule has 0 amide bonds. The monoisotopic (exact) mass is 182 g/mol. The first kappa shape index (κ1) is 7.43. The molecule has 0 fully saturated rings. The zero-order valence-electron chi connectivity index (χ0n) is 6.49. The van der Waals surface area contributed by atoms with Gasteiger partial charge in [-0.3, -0.25) is 0 Å². The third kappa shape index (κ3) is 0.940. The highest BCUT2D eigenvalue weighted by Gasteiger charge is 2.07. The molecule has 2 aromatic rings. The van der Waals surface area contributed by atoms with Gasteiger partial charge in [-0.15, -0.1) is 0 Å². The minimum Gasteiger partial charge on any atom is -0.710 e. The molecule has 12 heavy (non-hydrogen) atoms. The van der Waals surface area contributed by atoms with Crippen LogP contribution in [0, 0.1) is 5.21 Å². The Bertz CT molecular complexity index is 436. The molecule has 1 aromatic heterocycles. The minimum atomic E-state index is 0.641. The normalized spacial score (nSPS) is 10.8. The van der Waals surface area contributed by atoms with Gasteiger partial charge in [-0.1, -0.05) is 11.6 Å². The van der Waals surface area contributed by atoms with E-state index in [4.69, 9.17) is 11.6 Å². The van der Waals surface area contributed by atoms with E-state index < -0.39 is 0 Å². The molecule has 0 unspecified atom stereocenters. The Morgan fingerprint density at radius 3 is 3.00 bits per heavy atom. The van der Waals surface area contributed by atoms with Crippen molar-refractivity contribution in [3.63, 3.8) is 0 Å². The van der Waals surface area contributed by atoms with Gasteiger partial charge in [0.2, 0.25) is 6.33 Å². The highest BCUT2D eigenvalue weighted by Crippen LogP contribution is 2.15. The molecule has 0 atom stereocenters. The van der Waals surface area contributed by atoms with Crippen LogP contribution in [0.15, 0.2) is 24.5 Å². The molecule has 1 aromatic carbocycles. The van der Waals surface area contributed by atoms with E-state index in [9.17, 15) is 5.21 Å². The van der Waals surface area contributed by atoms with Crippen LogP contribution in [-0.4, -0.2) is 4.57 Å². The highest BCUT2D eigenvalue weighted by atomic mass is 35.5. The lowest BCUT2D eigenvalue weighted by Gasteiger charge is -1.94. The van der Waals surface area contributed by atoms with Gasteiger partial charge in [0, 0.05) is 11.1 Å². The van der Waals surface area contributed by atoms with Crippen molar-refractivity contribution >= 4 is 22.6 Å². The van der Waals surface area contributed by atoms with Crippen LogP contribution in [0.4, 0.5) is 0 Å². The van der Waals surface area contributed by atoms with Gasteiger partial charge in [0.15, 0.2) is 11.0 Å². The lowest BCUT2D eigenvalue weighted by Crippen LogP contribution is -2.22. The Labute approximate surface area is 74.4 Å². The molecule has 3 nitrogen and oxygen atoms in total. The van der Waals surface area contributed by atoms with Crippen LogP contribution in [0.2, 0.25) is 5.02 Å². The third-order valence-electron chi connectivity index (χ3n) is 1.83. The summed E-state index contributed by atoms with van der Waals surface area (Å²) in [7, 11) is 1.81. The average molecular weight is 183 g/mol. The van der Waals surface area contributed by atoms with Gasteiger partial charge in [0.05, 0.1) is 7.05 Å². The van der Waals surface area contributed by atoms with Gasteiger partial charge in [-0.25, -0.2) is 9.30 Å². The van der Waals surface area contributed by atoms with Crippen molar-refractivity contribution in [3.8, 4) is 0 Å². The molecule has 2 rings (SSSR count). The number of imidazole rings is 1. The maximum atomic E-state index is 11.2. The Morgan fingerprint density at radius 1 is 1.50 bits per heavy atom. The van der Waals surface area contributed by atoms with Crippen LogP contribution < -0.4 is 4.73 Å². The number of rotatable bonds is 0. The van der Waals surface area contributed by atoms with Gasteiger partial charge in [0.25, 0.3) is 0 Å². The smallest absolute Gasteiger partial charge is 0.247 e. The molecule has 1 heterocycles. The second-order valence-corrected chi connectivity index (χ2v) is 3.12. The Balaban J connectivity index is 2.90. The van der Waals surface area contributed by atoms with E-state index in [2.05, 4.69) is 0 Å². The molecule has 0 saturated carbocycles. The van der Waals surface area contributed by atoms with E-state index in [0.29, 0.717) is 10.5 Å². The minimum absolute atomic E-state index is 0.641. The fourth-order valence-electron chi connectivity index (χ4n) is 1.25. The van der Waals surface area contributed by atoms with Crippen molar-refractivity contribution in [3.05, 3.63) is 34.8 Å². The molecule has 0 aliphatic heterocycles. The van der Waals surface area contributed by atoms with Crippen molar-refractivity contribution in [2.45, 2.75) is 0 Å². The Kier molecular flexibility index (Phi) is 1.48. The zero-order chi connectivity index (χ0) is 8.72. The number of fused-ring (bicyclic) bond motifs is 1. The van der Waals surface area contributed by atoms with Crippen LogP contribution in [0.3, 0.4) is 0 Å². The van der Waals surface area contributed by atoms with E-state index >= 15 is 0 Å². The Morgan fingerprint density at radius 2 is 2.25 bits per heavy atom. The summed E-state index contributed by atoms with van der Waals surface area (Å²) in [6.45, 7) is 0. The summed E-state index contributed by atoms with van der Waals surface area (Å²) in [6.07, 6.45) is 1.47. The molecule has 0 aliphatic carbocycles. The third-order valence-corrected chi connectivity index (χ3v) is 2.07. The first-order valence-corrected chi connectivity index (χ1v) is 3.90. The van der Waals surface area contributed by atoms with Crippen LogP contribution in [0.25, 0.3) is 11.0 Å². The van der Waals surface area contributed by atoms with Gasteiger partial charge >= 0.3 is 0 Å². The highest BCUT2D eigenvalue weighted by molar-refractivity contribution is 6.31. The van der Waals surface area contributed by atoms with Crippen molar-refractivity contribution < 1.29 is 4.73 Å². The summed E-state index contributed by atoms with van der Waals surface area (Å²) in [5.41, 5.74) is 1.49. The van der Waals surface area contributed by atoms with E-state index in [0.717, 1.165) is 10.2 Å². The summed E-state index contributed by atoms with van der Waals surface area (Å²) in [6, 6.07) is 5.19. The second kappa shape index (κ2) is 2.38. The topological polar surface area (TPSA) is 31.9 Å². The van der Waals surface area contributed by atoms with Crippen molar-refractivity contribution in [2.75, 3.05) is 0 Å². The summed E-state index contributed by atoms with van der Waals surface area (Å²) < 4.78 is 2.57. The molecule has 4 heteroatoms. The van der Waals surface area contributed by atoms with Gasteiger partial charge in [-0.2, -0.15) is 0 Å². The number of nitrogens with zero attached hydrogens (tertiary/aromatic N) is 2. The molecule has 0 radical (unpaired) electrons. The fourth-order valence-corrected chi connectivity index (χ4v) is 1.41. The van der Waals surface area contributed by atoms with Crippen LogP contribution in [0.1, 0.15) is 0 Å². The summed E-state index contributed by atoms with van der Waals surface area (Å²) in [5, 5.41) is 11.8. The molecule has 0 aliphatic rings. The molecular formula is C8H7ClN2O. The quantitative estimate of drug-likeness (QED) is 0.449. The van der Waals surface area contributed by atoms with Gasteiger partial charge in [-0.05, 0) is 12.1 Å². The fraction of sp³-hybridized carbons (Fsp3) is 0.125. The number of aromatic nitrogens is 2. The van der Waals surface area contributed by atoms with Gasteiger partial charge in [0.1, 0.15) is 0 Å². The maximum Gasteiger partial charge on any atom is 0.247 e. The first-order valence-electron chi connectivity index (χ1n) is 3.52. The number of hydrogen-bond donors (Lipinski definition) is 0. The van der Waals surface area contributed by atoms with Crippen molar-refractivity contribution in [1.29, 1.82) is 0 Å². The standard InChI is InChI=1S/C8H7ClN2O/c1-10-5-11(12)7-3-2-6(9)4-8(7)10/h2-5H,1H3. The zero-order valence-corrected chi connectivity index (χ0v) is 7.25. The number of aryl methyl sites for hydroxylation is 1. The number of hydrogen-bond acceptors (Lipinski definition) is 1. The van der Waals surface area contributed by atoms with Crippen LogP contribution >= 0.6 is 11.6 Å². The van der Waals surface area contributed by atoms with Crippen molar-refractivity contribution in [1.82, 2.24) is 4.57 Å². The molecular weight excluding hydrogens is 176 g/mol. The lowest BCUT2D eigenvalue weighted by atomic mass is 10.3. The molecule has 0 N–H and O–H groups in total. The molecule has 0 saturated heterocycles. The maximum absolute atomic E-state index is 11.2. The molecule has 0 bridgehead atoms. The second-order valence-electron chi connectivity index (χ2n) is 2.69. The SMILES string of the molecule is Cn1c[n+]([O-])c2ccc(Cl)cc21. The van der Waals surface area contributed by atoms with E-state index in [1.165, 1.54) is 6.33 Å². The number of benzene rings is 1. The number of halogens is 1. The summed E-state index contributed by atoms with van der Waals surface area (Å²) >= 11 is 5.78. The largest absolute Gasteiger partial charge is 0.710 e. The Hall–Kier alpha value is -1.22. The van der Waals surface area contributed by atoms with Crippen LogP contribution in [-0.2, 0) is 7.05 Å². The summed E-state index contributed by atoms with van der Waals surface area (Å²) in [5.74, 6) is 0. The lowest BCUT2D eigenvalue weighted by molar-refractivity contribution is -0.577. The molecule has 0 spiro atoms. The van der Waals surface area contributed by atoms with E-state index in [1.54, 1.807) is 22.8 Å². The van der Waals surface area contributed by atoms with Crippen molar-refractivity contribution in [2.24, 2.45) is 7.05 Å². The average Bonchev–Trinajstić information content (AvgIpc) is 2.28. The van der Waals surface area contributed by atoms with Crippen LogP contribution in [0.5, 0.6) is 0 Å². The first-order chi connectivity index (χ1) is 5.68. The van der Waals surface area contributed by atoms with E-state index in [1.807, 2.05) is 7.05 Å². The van der Waals surface area contributed by atoms with Gasteiger partial charge < -0.3 is 5.21 Å².